The van der Waals surface area contributed by atoms with E-state index in [0.717, 1.165) is 47.1 Å². The van der Waals surface area contributed by atoms with Crippen molar-refractivity contribution in [2.75, 3.05) is 19.0 Å². The topological polar surface area (TPSA) is 18.5 Å². The Kier molecular flexibility index (Phi) is 7.04. The molecule has 0 aliphatic rings. The Morgan fingerprint density at radius 3 is 2.41 bits per heavy atom. The van der Waals surface area contributed by atoms with Crippen LogP contribution in [0.1, 0.15) is 38.2 Å². The number of aryl methyl sites for hydroxylation is 1. The van der Waals surface area contributed by atoms with E-state index in [9.17, 15) is 0 Å². The van der Waals surface area contributed by atoms with E-state index in [-0.39, 0.29) is 0 Å². The maximum Gasteiger partial charge on any atom is 0.130 e. The van der Waals surface area contributed by atoms with Crippen molar-refractivity contribution in [2.24, 2.45) is 0 Å². The number of hydrogen-bond acceptors (Lipinski definition) is 2. The average molecular weight is 365 g/mol. The predicted molar refractivity (Wildman–Crippen MR) is 97.6 cm³/mol. The molecule has 0 atom stereocenters. The van der Waals surface area contributed by atoms with Gasteiger partial charge < -0.3 is 9.47 Å². The highest BCUT2D eigenvalue weighted by Crippen LogP contribution is 2.37. The van der Waals surface area contributed by atoms with Crippen molar-refractivity contribution in [1.82, 2.24) is 0 Å². The number of ether oxygens (including phenoxy) is 2. The van der Waals surface area contributed by atoms with Gasteiger partial charge in [0.2, 0.25) is 0 Å². The number of benzene rings is 2. The molecule has 2 aromatic carbocycles. The number of hydrogen-bond donors (Lipinski definition) is 0. The molecule has 0 unspecified atom stereocenters. The van der Waals surface area contributed by atoms with Gasteiger partial charge in [0, 0.05) is 16.1 Å². The van der Waals surface area contributed by atoms with Crippen LogP contribution in [0.2, 0.25) is 0 Å². The van der Waals surface area contributed by atoms with Crippen molar-refractivity contribution in [1.29, 1.82) is 0 Å². The fraction of sp³-hybridized carbons (Fsp3) is 0.474. The summed E-state index contributed by atoms with van der Waals surface area (Å²) in [4.78, 5) is 0. The molecule has 0 aromatic heterocycles. The van der Waals surface area contributed by atoms with E-state index >= 15 is 0 Å². The Bertz CT molecular complexity index is 595. The lowest BCUT2D eigenvalue weighted by Crippen LogP contribution is -2.00. The van der Waals surface area contributed by atoms with Crippen LogP contribution in [-0.2, 0) is 6.42 Å². The van der Waals surface area contributed by atoms with Crippen LogP contribution >= 0.6 is 15.9 Å². The van der Waals surface area contributed by atoms with Crippen molar-refractivity contribution in [2.45, 2.75) is 39.0 Å². The molecule has 0 aliphatic heterocycles. The van der Waals surface area contributed by atoms with E-state index in [2.05, 4.69) is 47.1 Å². The summed E-state index contributed by atoms with van der Waals surface area (Å²) in [6.45, 7) is 2.93. The zero-order chi connectivity index (χ0) is 15.8. The number of methoxy groups -OCH3 is 1. The molecule has 0 radical (unpaired) electrons. The molecule has 0 saturated heterocycles. The summed E-state index contributed by atoms with van der Waals surface area (Å²) >= 11 is 3.47. The van der Waals surface area contributed by atoms with E-state index in [0.29, 0.717) is 0 Å². The number of alkyl halides is 1. The Hall–Kier alpha value is -1.22. The van der Waals surface area contributed by atoms with E-state index in [4.69, 9.17) is 9.47 Å². The molecule has 3 heteroatoms. The molecule has 2 nitrogen and oxygen atoms in total. The van der Waals surface area contributed by atoms with Gasteiger partial charge in [0.25, 0.3) is 0 Å². The van der Waals surface area contributed by atoms with Gasteiger partial charge in [-0.15, -0.1) is 0 Å². The minimum Gasteiger partial charge on any atom is -0.496 e. The van der Waals surface area contributed by atoms with Gasteiger partial charge in [0.1, 0.15) is 11.5 Å². The van der Waals surface area contributed by atoms with E-state index in [1.165, 1.54) is 24.8 Å². The van der Waals surface area contributed by atoms with Crippen LogP contribution in [0, 0.1) is 0 Å². The van der Waals surface area contributed by atoms with Gasteiger partial charge in [-0.2, -0.15) is 0 Å². The molecule has 0 bridgehead atoms. The lowest BCUT2D eigenvalue weighted by atomic mass is 10.0. The molecule has 0 amide bonds. The Morgan fingerprint density at radius 1 is 1.00 bits per heavy atom. The van der Waals surface area contributed by atoms with Gasteiger partial charge in [-0.05, 0) is 30.9 Å². The van der Waals surface area contributed by atoms with Crippen molar-refractivity contribution in [3.63, 3.8) is 0 Å². The second kappa shape index (κ2) is 9.04. The quantitative estimate of drug-likeness (QED) is 0.416. The smallest absolute Gasteiger partial charge is 0.130 e. The van der Waals surface area contributed by atoms with Crippen LogP contribution < -0.4 is 9.47 Å². The van der Waals surface area contributed by atoms with Gasteiger partial charge in [-0.1, -0.05) is 60.0 Å². The number of unbranched alkanes of at least 4 members (excludes halogenated alkanes) is 3. The molecule has 0 heterocycles. The first-order chi connectivity index (χ1) is 10.8. The number of halogens is 1. The zero-order valence-electron chi connectivity index (χ0n) is 13.5. The maximum absolute atomic E-state index is 6.07. The average Bonchev–Trinajstić information content (AvgIpc) is 2.57. The minimum absolute atomic E-state index is 0.780. The Morgan fingerprint density at radius 2 is 1.73 bits per heavy atom. The fourth-order valence-corrected chi connectivity index (χ4v) is 3.12. The minimum atomic E-state index is 0.780. The first-order valence-electron chi connectivity index (χ1n) is 8.09. The Balaban J connectivity index is 2.15. The van der Waals surface area contributed by atoms with E-state index in [1.54, 1.807) is 7.11 Å². The van der Waals surface area contributed by atoms with Crippen LogP contribution in [-0.4, -0.2) is 19.0 Å². The van der Waals surface area contributed by atoms with Gasteiger partial charge in [-0.25, -0.2) is 0 Å². The highest BCUT2D eigenvalue weighted by molar-refractivity contribution is 9.09. The highest BCUT2D eigenvalue weighted by Gasteiger charge is 2.12. The number of rotatable bonds is 9. The molecule has 0 saturated carbocycles. The third-order valence-electron chi connectivity index (χ3n) is 3.90. The van der Waals surface area contributed by atoms with Crippen LogP contribution in [0.15, 0.2) is 30.3 Å². The van der Waals surface area contributed by atoms with Gasteiger partial charge in [-0.3, -0.25) is 0 Å². The number of fused-ring (bicyclic) bond motifs is 1. The largest absolute Gasteiger partial charge is 0.496 e. The SMILES string of the molecule is CCc1cc(OCCCCCCBr)c2ccccc2c1OC. The molecule has 0 spiro atoms. The second-order valence-corrected chi connectivity index (χ2v) is 6.21. The molecule has 2 aromatic rings. The van der Waals surface area contributed by atoms with Crippen molar-refractivity contribution < 1.29 is 9.47 Å². The monoisotopic (exact) mass is 364 g/mol. The van der Waals surface area contributed by atoms with Crippen molar-refractivity contribution in [3.8, 4) is 11.5 Å². The molecular formula is C19H25BrO2. The summed E-state index contributed by atoms with van der Waals surface area (Å²) in [5.74, 6) is 1.96. The maximum atomic E-state index is 6.07. The Labute approximate surface area is 141 Å². The molecule has 120 valence electrons. The van der Waals surface area contributed by atoms with Crippen LogP contribution in [0.3, 0.4) is 0 Å². The molecule has 22 heavy (non-hydrogen) atoms. The lowest BCUT2D eigenvalue weighted by molar-refractivity contribution is 0.308. The van der Waals surface area contributed by atoms with Gasteiger partial charge in [0.15, 0.2) is 0 Å². The molecule has 0 aliphatic carbocycles. The molecule has 0 N–H and O–H groups in total. The summed E-state index contributed by atoms with van der Waals surface area (Å²) in [6, 6.07) is 10.5. The summed E-state index contributed by atoms with van der Waals surface area (Å²) in [5.41, 5.74) is 1.20. The van der Waals surface area contributed by atoms with Crippen molar-refractivity contribution >= 4 is 26.7 Å². The van der Waals surface area contributed by atoms with Crippen LogP contribution in [0.25, 0.3) is 10.8 Å². The second-order valence-electron chi connectivity index (χ2n) is 5.42. The fourth-order valence-electron chi connectivity index (χ4n) is 2.73. The van der Waals surface area contributed by atoms with Crippen LogP contribution in [0.4, 0.5) is 0 Å². The molecule has 2 rings (SSSR count). The normalized spacial score (nSPS) is 10.9. The summed E-state index contributed by atoms with van der Waals surface area (Å²) < 4.78 is 11.7. The van der Waals surface area contributed by atoms with E-state index < -0.39 is 0 Å². The summed E-state index contributed by atoms with van der Waals surface area (Å²) in [5, 5.41) is 3.37. The third-order valence-corrected chi connectivity index (χ3v) is 4.47. The first kappa shape index (κ1) is 17.1. The molecule has 0 fully saturated rings. The summed E-state index contributed by atoms with van der Waals surface area (Å²) in [6.07, 6.45) is 5.77. The summed E-state index contributed by atoms with van der Waals surface area (Å²) in [7, 11) is 1.74. The van der Waals surface area contributed by atoms with Crippen LogP contribution in [0.5, 0.6) is 11.5 Å². The van der Waals surface area contributed by atoms with E-state index in [1.807, 2.05) is 6.07 Å². The van der Waals surface area contributed by atoms with Gasteiger partial charge in [0.05, 0.1) is 13.7 Å². The lowest BCUT2D eigenvalue weighted by Gasteiger charge is -2.15. The first-order valence-corrected chi connectivity index (χ1v) is 9.21. The molecular weight excluding hydrogens is 340 g/mol. The van der Waals surface area contributed by atoms with Gasteiger partial charge >= 0.3 is 0 Å². The third kappa shape index (κ3) is 4.16. The van der Waals surface area contributed by atoms with Crippen molar-refractivity contribution in [3.05, 3.63) is 35.9 Å². The standard InChI is InChI=1S/C19H25BrO2/c1-3-15-14-18(22-13-9-5-4-8-12-20)16-10-6-7-11-17(16)19(15)21-2/h6-7,10-11,14H,3-5,8-9,12-13H2,1-2H3. The highest BCUT2D eigenvalue weighted by atomic mass is 79.9. The zero-order valence-corrected chi connectivity index (χ0v) is 15.1. The predicted octanol–water partition coefficient (Wildman–Crippen LogP) is 5.74.